The number of rotatable bonds is 1. The van der Waals surface area contributed by atoms with E-state index in [-0.39, 0.29) is 11.3 Å². The summed E-state index contributed by atoms with van der Waals surface area (Å²) < 4.78 is 5.11. The van der Waals surface area contributed by atoms with Crippen molar-refractivity contribution in [3.05, 3.63) is 36.4 Å². The van der Waals surface area contributed by atoms with Crippen molar-refractivity contribution in [1.82, 2.24) is 0 Å². The molecular formula is C14H21NO3. The predicted octanol–water partition coefficient (Wildman–Crippen LogP) is 3.12. The Balaban J connectivity index is 0.000000873. The van der Waals surface area contributed by atoms with Crippen LogP contribution in [0.5, 0.6) is 5.75 Å². The highest BCUT2D eigenvalue weighted by Gasteiger charge is 2.20. The molecule has 1 rings (SSSR count). The van der Waals surface area contributed by atoms with E-state index in [2.05, 4.69) is 6.58 Å². The van der Waals surface area contributed by atoms with Gasteiger partial charge in [-0.05, 0) is 45.9 Å². The lowest BCUT2D eigenvalue weighted by molar-refractivity contribution is 0.00669. The molecule has 4 heteroatoms. The van der Waals surface area contributed by atoms with Crippen molar-refractivity contribution < 1.29 is 14.6 Å². The van der Waals surface area contributed by atoms with Crippen LogP contribution in [0.25, 0.3) is 0 Å². The smallest absolute Gasteiger partial charge is 0.342 e. The van der Waals surface area contributed by atoms with Crippen molar-refractivity contribution in [2.75, 3.05) is 5.73 Å². The third kappa shape index (κ3) is 5.94. The lowest BCUT2D eigenvalue weighted by atomic mass is 10.1. The number of nitrogens with two attached hydrogens (primary N) is 1. The molecule has 0 aliphatic carbocycles. The molecule has 0 aliphatic heterocycles. The Kier molecular flexibility index (Phi) is 5.96. The summed E-state index contributed by atoms with van der Waals surface area (Å²) >= 11 is 0. The summed E-state index contributed by atoms with van der Waals surface area (Å²) in [6.45, 7) is 10.5. The van der Waals surface area contributed by atoms with Gasteiger partial charge in [-0.1, -0.05) is 6.08 Å². The number of nitrogen functional groups attached to an aromatic ring is 1. The zero-order chi connectivity index (χ0) is 14.3. The molecule has 0 fully saturated rings. The second-order valence-corrected chi connectivity index (χ2v) is 4.69. The first-order chi connectivity index (χ1) is 8.21. The molecule has 18 heavy (non-hydrogen) atoms. The molecule has 100 valence electrons. The maximum atomic E-state index is 11.6. The van der Waals surface area contributed by atoms with E-state index in [1.165, 1.54) is 18.2 Å². The van der Waals surface area contributed by atoms with Gasteiger partial charge in [0.25, 0.3) is 0 Å². The van der Waals surface area contributed by atoms with Crippen LogP contribution < -0.4 is 5.73 Å². The third-order valence-electron chi connectivity index (χ3n) is 1.64. The molecule has 0 amide bonds. The number of carbonyl (C=O) groups excluding carboxylic acids is 1. The second-order valence-electron chi connectivity index (χ2n) is 4.69. The van der Waals surface area contributed by atoms with Gasteiger partial charge in [-0.3, -0.25) is 0 Å². The fourth-order valence-corrected chi connectivity index (χ4v) is 1.05. The number of benzene rings is 1. The molecule has 0 spiro atoms. The topological polar surface area (TPSA) is 72.5 Å². The summed E-state index contributed by atoms with van der Waals surface area (Å²) in [6.07, 6.45) is 1.75. The maximum Gasteiger partial charge on any atom is 0.342 e. The molecule has 0 aliphatic rings. The van der Waals surface area contributed by atoms with Crippen LogP contribution in [0.4, 0.5) is 5.69 Å². The number of hydrogen-bond acceptors (Lipinski definition) is 4. The quantitative estimate of drug-likeness (QED) is 0.348. The van der Waals surface area contributed by atoms with Crippen molar-refractivity contribution in [1.29, 1.82) is 0 Å². The van der Waals surface area contributed by atoms with Crippen molar-refractivity contribution in [3.8, 4) is 5.75 Å². The van der Waals surface area contributed by atoms with E-state index in [9.17, 15) is 9.90 Å². The zero-order valence-corrected chi connectivity index (χ0v) is 11.4. The standard InChI is InChI=1S/C11H15NO3.C3H6/c1-11(2,3)15-10(14)8-6-7(12)4-5-9(8)13;1-3-2/h4-6,13H,12H2,1-3H3;3H,1H2,2H3. The Morgan fingerprint density at radius 3 is 2.39 bits per heavy atom. The number of esters is 1. The van der Waals surface area contributed by atoms with Gasteiger partial charge in [-0.25, -0.2) is 4.79 Å². The van der Waals surface area contributed by atoms with Crippen LogP contribution in [0.15, 0.2) is 30.9 Å². The Bertz CT molecular complexity index is 420. The minimum absolute atomic E-state index is 0.0879. The van der Waals surface area contributed by atoms with Crippen molar-refractivity contribution in [3.63, 3.8) is 0 Å². The fourth-order valence-electron chi connectivity index (χ4n) is 1.05. The Morgan fingerprint density at radius 1 is 1.44 bits per heavy atom. The largest absolute Gasteiger partial charge is 0.507 e. The van der Waals surface area contributed by atoms with Crippen molar-refractivity contribution >= 4 is 11.7 Å². The highest BCUT2D eigenvalue weighted by atomic mass is 16.6. The van der Waals surface area contributed by atoms with E-state index in [1.54, 1.807) is 26.8 Å². The van der Waals surface area contributed by atoms with Crippen molar-refractivity contribution in [2.45, 2.75) is 33.3 Å². The summed E-state index contributed by atoms with van der Waals surface area (Å²) in [7, 11) is 0. The van der Waals surface area contributed by atoms with Crippen molar-refractivity contribution in [2.24, 2.45) is 0 Å². The number of allylic oxidation sites excluding steroid dienone is 1. The van der Waals surface area contributed by atoms with Crippen LogP contribution in [0, 0.1) is 0 Å². The molecule has 0 saturated carbocycles. The van der Waals surface area contributed by atoms with Gasteiger partial charge in [0.2, 0.25) is 0 Å². The van der Waals surface area contributed by atoms with E-state index < -0.39 is 11.6 Å². The van der Waals surface area contributed by atoms with Gasteiger partial charge in [-0.2, -0.15) is 0 Å². The molecule has 4 nitrogen and oxygen atoms in total. The Labute approximate surface area is 108 Å². The number of hydrogen-bond donors (Lipinski definition) is 2. The first-order valence-corrected chi connectivity index (χ1v) is 5.60. The molecule has 0 aromatic heterocycles. The van der Waals surface area contributed by atoms with Crippen LogP contribution in [0.3, 0.4) is 0 Å². The Hall–Kier alpha value is -1.97. The van der Waals surface area contributed by atoms with Gasteiger partial charge in [0.15, 0.2) is 0 Å². The SMILES string of the molecule is C=CC.CC(C)(C)OC(=O)c1cc(N)ccc1O. The molecule has 3 N–H and O–H groups in total. The van der Waals surface area contributed by atoms with Crippen LogP contribution in [0.2, 0.25) is 0 Å². The second kappa shape index (κ2) is 6.69. The highest BCUT2D eigenvalue weighted by Crippen LogP contribution is 2.22. The summed E-state index contributed by atoms with van der Waals surface area (Å²) in [5.74, 6) is -0.703. The average Bonchev–Trinajstić information content (AvgIpc) is 2.20. The lowest BCUT2D eigenvalue weighted by Crippen LogP contribution is -2.24. The molecule has 0 atom stereocenters. The van der Waals surface area contributed by atoms with Gasteiger partial charge in [-0.15, -0.1) is 6.58 Å². The summed E-state index contributed by atoms with van der Waals surface area (Å²) in [6, 6.07) is 4.28. The highest BCUT2D eigenvalue weighted by molar-refractivity contribution is 5.93. The molecule has 1 aromatic carbocycles. The molecular weight excluding hydrogens is 230 g/mol. The molecule has 0 saturated heterocycles. The minimum atomic E-state index is -0.589. The molecule has 0 heterocycles. The van der Waals surface area contributed by atoms with Gasteiger partial charge < -0.3 is 15.6 Å². The monoisotopic (exact) mass is 251 g/mol. The predicted molar refractivity (Wildman–Crippen MR) is 73.6 cm³/mol. The number of anilines is 1. The van der Waals surface area contributed by atoms with E-state index in [0.717, 1.165) is 0 Å². The number of aromatic hydroxyl groups is 1. The maximum absolute atomic E-state index is 11.6. The van der Waals surface area contributed by atoms with Gasteiger partial charge >= 0.3 is 5.97 Å². The Morgan fingerprint density at radius 2 is 1.94 bits per heavy atom. The fraction of sp³-hybridized carbons (Fsp3) is 0.357. The van der Waals surface area contributed by atoms with Crippen LogP contribution in [-0.2, 0) is 4.74 Å². The normalized spacial score (nSPS) is 10.0. The first-order valence-electron chi connectivity index (χ1n) is 5.60. The van der Waals surface area contributed by atoms with Crippen LogP contribution >= 0.6 is 0 Å². The summed E-state index contributed by atoms with van der Waals surface area (Å²) in [5.41, 5.74) is 5.42. The van der Waals surface area contributed by atoms with Gasteiger partial charge in [0.1, 0.15) is 16.9 Å². The number of phenols is 1. The van der Waals surface area contributed by atoms with Gasteiger partial charge in [0.05, 0.1) is 0 Å². The van der Waals surface area contributed by atoms with E-state index in [1.807, 2.05) is 6.92 Å². The minimum Gasteiger partial charge on any atom is -0.507 e. The summed E-state index contributed by atoms with van der Waals surface area (Å²) in [4.78, 5) is 11.6. The molecule has 1 aromatic rings. The number of carbonyl (C=O) groups is 1. The van der Waals surface area contributed by atoms with E-state index >= 15 is 0 Å². The van der Waals surface area contributed by atoms with Crippen LogP contribution in [-0.4, -0.2) is 16.7 Å². The average molecular weight is 251 g/mol. The zero-order valence-electron chi connectivity index (χ0n) is 11.4. The molecule has 0 unspecified atom stereocenters. The van der Waals surface area contributed by atoms with E-state index in [0.29, 0.717) is 5.69 Å². The number of phenolic OH excluding ortho intramolecular Hbond substituents is 1. The van der Waals surface area contributed by atoms with E-state index in [4.69, 9.17) is 10.5 Å². The number of ether oxygens (including phenoxy) is 1. The lowest BCUT2D eigenvalue weighted by Gasteiger charge is -2.19. The van der Waals surface area contributed by atoms with Crippen LogP contribution in [0.1, 0.15) is 38.1 Å². The van der Waals surface area contributed by atoms with Gasteiger partial charge in [0, 0.05) is 5.69 Å². The first kappa shape index (κ1) is 16.0. The third-order valence-corrected chi connectivity index (χ3v) is 1.64. The molecule has 0 bridgehead atoms. The molecule has 0 radical (unpaired) electrons. The summed E-state index contributed by atoms with van der Waals surface area (Å²) in [5, 5.41) is 9.45.